The standard InChI is InChI=1S/C38H50N4O8/c1-5-33(29(15-31-17-39-23-41(31)3)21-49-35(43)27-11-12-27)37(45)47-19-25-7-9-26(10-8-25)20-48-38(46)34(6-2)30(16-32-18-40-24-42(32)4)22-50-36(44)28-13-14-28/h7-10,17-18,23-24,27-30,33-34H,5-6,11-16,19-22H2,1-4H3/t29-,30+,33-,34-/m0/s1. The van der Waals surface area contributed by atoms with Gasteiger partial charge in [-0.1, -0.05) is 38.1 Å². The second-order valence-corrected chi connectivity index (χ2v) is 13.8. The van der Waals surface area contributed by atoms with Crippen molar-refractivity contribution in [1.82, 2.24) is 19.1 Å². The van der Waals surface area contributed by atoms with E-state index in [1.54, 1.807) is 25.0 Å². The molecule has 0 unspecified atom stereocenters. The molecule has 0 bridgehead atoms. The lowest BCUT2D eigenvalue weighted by atomic mass is 9.87. The quantitative estimate of drug-likeness (QED) is 0.119. The van der Waals surface area contributed by atoms with Crippen molar-refractivity contribution < 1.29 is 38.1 Å². The van der Waals surface area contributed by atoms with Crippen molar-refractivity contribution in [2.75, 3.05) is 13.2 Å². The monoisotopic (exact) mass is 690 g/mol. The van der Waals surface area contributed by atoms with Gasteiger partial charge < -0.3 is 28.1 Å². The van der Waals surface area contributed by atoms with Crippen molar-refractivity contribution in [2.45, 2.75) is 78.4 Å². The Hall–Kier alpha value is -4.48. The average Bonchev–Trinajstić information content (AvgIpc) is 4.05. The maximum absolute atomic E-state index is 13.3. The number of esters is 4. The minimum Gasteiger partial charge on any atom is -0.465 e. The van der Waals surface area contributed by atoms with Gasteiger partial charge in [-0.05, 0) is 62.5 Å². The molecule has 50 heavy (non-hydrogen) atoms. The predicted molar refractivity (Wildman–Crippen MR) is 182 cm³/mol. The maximum atomic E-state index is 13.3. The van der Waals surface area contributed by atoms with Crippen molar-refractivity contribution in [3.8, 4) is 0 Å². The first-order chi connectivity index (χ1) is 24.2. The molecule has 2 saturated carbocycles. The highest BCUT2D eigenvalue weighted by molar-refractivity contribution is 5.76. The lowest BCUT2D eigenvalue weighted by Gasteiger charge is -2.25. The van der Waals surface area contributed by atoms with Gasteiger partial charge in [0.25, 0.3) is 0 Å². The van der Waals surface area contributed by atoms with Crippen LogP contribution in [0.4, 0.5) is 0 Å². The van der Waals surface area contributed by atoms with Gasteiger partial charge in [-0.2, -0.15) is 0 Å². The van der Waals surface area contributed by atoms with Crippen LogP contribution in [-0.4, -0.2) is 56.2 Å². The molecular formula is C38H50N4O8. The summed E-state index contributed by atoms with van der Waals surface area (Å²) in [5, 5.41) is 0. The number of nitrogens with zero attached hydrogens (tertiary/aromatic N) is 4. The highest BCUT2D eigenvalue weighted by Gasteiger charge is 2.36. The van der Waals surface area contributed by atoms with Crippen molar-refractivity contribution in [2.24, 2.45) is 49.6 Å². The molecule has 2 aromatic heterocycles. The molecule has 0 aliphatic heterocycles. The van der Waals surface area contributed by atoms with E-state index in [-0.39, 0.29) is 74.0 Å². The zero-order valence-corrected chi connectivity index (χ0v) is 29.6. The Kier molecular flexibility index (Phi) is 12.8. The number of imidazole rings is 2. The van der Waals surface area contributed by atoms with E-state index in [0.29, 0.717) is 25.7 Å². The largest absolute Gasteiger partial charge is 0.465 e. The van der Waals surface area contributed by atoms with Gasteiger partial charge in [0.2, 0.25) is 0 Å². The van der Waals surface area contributed by atoms with E-state index in [9.17, 15) is 19.2 Å². The minimum atomic E-state index is -0.457. The summed E-state index contributed by atoms with van der Waals surface area (Å²) in [5.74, 6) is -2.51. The third-order valence-electron chi connectivity index (χ3n) is 9.88. The molecule has 5 rings (SSSR count). The van der Waals surface area contributed by atoms with Gasteiger partial charge in [-0.3, -0.25) is 19.2 Å². The minimum absolute atomic E-state index is 0.0173. The maximum Gasteiger partial charge on any atom is 0.309 e. The second kappa shape index (κ2) is 17.4. The van der Waals surface area contributed by atoms with Crippen molar-refractivity contribution >= 4 is 23.9 Å². The fourth-order valence-electron chi connectivity index (χ4n) is 6.23. The number of hydrogen-bond acceptors (Lipinski definition) is 10. The smallest absolute Gasteiger partial charge is 0.309 e. The molecule has 2 fully saturated rings. The fourth-order valence-corrected chi connectivity index (χ4v) is 6.23. The number of benzene rings is 1. The molecule has 12 heteroatoms. The molecule has 0 N–H and O–H groups in total. The van der Waals surface area contributed by atoms with Crippen LogP contribution in [0.3, 0.4) is 0 Å². The predicted octanol–water partition coefficient (Wildman–Crippen LogP) is 4.92. The van der Waals surface area contributed by atoms with Crippen LogP contribution in [-0.2, 0) is 78.3 Å². The van der Waals surface area contributed by atoms with Crippen LogP contribution >= 0.6 is 0 Å². The van der Waals surface area contributed by atoms with E-state index in [1.165, 1.54) is 0 Å². The zero-order valence-electron chi connectivity index (χ0n) is 29.6. The Bertz CT molecular complexity index is 1470. The van der Waals surface area contributed by atoms with Gasteiger partial charge in [0.1, 0.15) is 13.2 Å². The summed E-state index contributed by atoms with van der Waals surface area (Å²) in [4.78, 5) is 59.7. The molecule has 4 atom stereocenters. The Morgan fingerprint density at radius 2 is 1.04 bits per heavy atom. The molecule has 3 aromatic rings. The first kappa shape index (κ1) is 36.8. The van der Waals surface area contributed by atoms with Crippen LogP contribution < -0.4 is 0 Å². The van der Waals surface area contributed by atoms with Crippen molar-refractivity contribution in [1.29, 1.82) is 0 Å². The molecule has 1 aromatic carbocycles. The molecular weight excluding hydrogens is 640 g/mol. The fraction of sp³-hybridized carbons (Fsp3) is 0.579. The summed E-state index contributed by atoms with van der Waals surface area (Å²) < 4.78 is 26.6. The summed E-state index contributed by atoms with van der Waals surface area (Å²) >= 11 is 0. The third kappa shape index (κ3) is 10.3. The van der Waals surface area contributed by atoms with E-state index < -0.39 is 11.8 Å². The van der Waals surface area contributed by atoms with E-state index >= 15 is 0 Å². The molecule has 270 valence electrons. The average molecular weight is 691 g/mol. The first-order valence-electron chi connectivity index (χ1n) is 17.8. The van der Waals surface area contributed by atoms with Gasteiger partial charge in [0.05, 0.1) is 49.5 Å². The Morgan fingerprint density at radius 1 is 0.660 bits per heavy atom. The summed E-state index contributed by atoms with van der Waals surface area (Å²) in [7, 11) is 3.80. The highest BCUT2D eigenvalue weighted by Crippen LogP contribution is 2.32. The van der Waals surface area contributed by atoms with Crippen LogP contribution in [0.25, 0.3) is 0 Å². The van der Waals surface area contributed by atoms with E-state index in [0.717, 1.165) is 48.2 Å². The summed E-state index contributed by atoms with van der Waals surface area (Å²) in [6, 6.07) is 7.40. The molecule has 0 amide bonds. The molecule has 0 spiro atoms. The molecule has 2 heterocycles. The van der Waals surface area contributed by atoms with Crippen LogP contribution in [0.15, 0.2) is 49.3 Å². The van der Waals surface area contributed by atoms with Crippen LogP contribution in [0.2, 0.25) is 0 Å². The Balaban J connectivity index is 1.13. The molecule has 12 nitrogen and oxygen atoms in total. The summed E-state index contributed by atoms with van der Waals surface area (Å²) in [5.41, 5.74) is 3.50. The molecule has 2 aliphatic carbocycles. The SMILES string of the molecule is CC[C@H](C(=O)OCc1ccc(COC(=O)[C@@H](CC)[C@@H](COC(=O)C2CC2)Cc2cncn2C)cc1)[C@H](COC(=O)C1CC1)Cc1cncn1C. The number of hydrogen-bond donors (Lipinski definition) is 0. The number of ether oxygens (including phenoxy) is 4. The summed E-state index contributed by atoms with van der Waals surface area (Å²) in [6.07, 6.45) is 12.5. The van der Waals surface area contributed by atoms with E-state index in [2.05, 4.69) is 9.97 Å². The van der Waals surface area contributed by atoms with Gasteiger partial charge in [-0.15, -0.1) is 0 Å². The number of carbonyl (C=O) groups is 4. The van der Waals surface area contributed by atoms with E-state index in [4.69, 9.17) is 18.9 Å². The zero-order chi connectivity index (χ0) is 35.6. The van der Waals surface area contributed by atoms with Gasteiger partial charge >= 0.3 is 23.9 Å². The summed E-state index contributed by atoms with van der Waals surface area (Å²) in [6.45, 7) is 4.34. The third-order valence-corrected chi connectivity index (χ3v) is 9.88. The van der Waals surface area contributed by atoms with Crippen molar-refractivity contribution in [3.63, 3.8) is 0 Å². The molecule has 0 saturated heterocycles. The number of carbonyl (C=O) groups excluding carboxylic acids is 4. The number of aromatic nitrogens is 4. The number of rotatable bonds is 20. The van der Waals surface area contributed by atoms with Gasteiger partial charge in [-0.25, -0.2) is 9.97 Å². The Labute approximate surface area is 293 Å². The second-order valence-electron chi connectivity index (χ2n) is 13.8. The molecule has 2 aliphatic rings. The van der Waals surface area contributed by atoms with Crippen LogP contribution in [0.5, 0.6) is 0 Å². The lowest BCUT2D eigenvalue weighted by molar-refractivity contribution is -0.157. The highest BCUT2D eigenvalue weighted by atomic mass is 16.5. The molecule has 0 radical (unpaired) electrons. The van der Waals surface area contributed by atoms with Crippen LogP contribution in [0.1, 0.15) is 74.9 Å². The Morgan fingerprint density at radius 3 is 1.34 bits per heavy atom. The van der Waals surface area contributed by atoms with Crippen LogP contribution in [0, 0.1) is 35.5 Å². The lowest BCUT2D eigenvalue weighted by Crippen LogP contribution is -2.31. The van der Waals surface area contributed by atoms with Gasteiger partial charge in [0, 0.05) is 49.7 Å². The van der Waals surface area contributed by atoms with Gasteiger partial charge in [0.15, 0.2) is 0 Å². The van der Waals surface area contributed by atoms with E-state index in [1.807, 2.05) is 61.3 Å². The normalized spacial score (nSPS) is 16.6. The van der Waals surface area contributed by atoms with Crippen molar-refractivity contribution in [3.05, 3.63) is 71.8 Å². The first-order valence-corrected chi connectivity index (χ1v) is 17.8. The topological polar surface area (TPSA) is 141 Å². The number of aryl methyl sites for hydroxylation is 2.